The Morgan fingerprint density at radius 1 is 0.600 bits per heavy atom. The summed E-state index contributed by atoms with van der Waals surface area (Å²) in [5.74, 6) is 3.07. The molecule has 8 aromatic rings. The Labute approximate surface area is 464 Å². The summed E-state index contributed by atoms with van der Waals surface area (Å²) in [5.41, 5.74) is 13.1. The number of methoxy groups -OCH3 is 2. The largest absolute Gasteiger partial charge is 0.481 e. The fourth-order valence-corrected chi connectivity index (χ4v) is 12.5. The predicted molar refractivity (Wildman–Crippen MR) is 304 cm³/mol. The second-order valence-corrected chi connectivity index (χ2v) is 21.4. The van der Waals surface area contributed by atoms with E-state index in [1.165, 1.54) is 35.1 Å². The summed E-state index contributed by atoms with van der Waals surface area (Å²) in [4.78, 5) is 40.3. The number of hydrogen-bond donors (Lipinski definition) is 1. The van der Waals surface area contributed by atoms with E-state index >= 15 is 0 Å². The molecule has 16 heterocycles. The zero-order chi connectivity index (χ0) is 54.3. The summed E-state index contributed by atoms with van der Waals surface area (Å²) in [5, 5.41) is 31.8. The highest BCUT2D eigenvalue weighted by Crippen LogP contribution is 2.39. The van der Waals surface area contributed by atoms with Crippen LogP contribution < -0.4 is 24.6 Å². The molecule has 404 valence electrons. The van der Waals surface area contributed by atoms with Gasteiger partial charge in [0.05, 0.1) is 84.9 Å². The van der Waals surface area contributed by atoms with Crippen molar-refractivity contribution in [1.82, 2.24) is 69.1 Å². The summed E-state index contributed by atoms with van der Waals surface area (Å²) in [6.07, 6.45) is 27.4. The molecule has 4 unspecified atom stereocenters. The van der Waals surface area contributed by atoms with Crippen LogP contribution in [0.15, 0.2) is 111 Å². The third kappa shape index (κ3) is 9.85. The Hall–Kier alpha value is -8.66. The summed E-state index contributed by atoms with van der Waals surface area (Å²) in [6.45, 7) is 12.5. The lowest BCUT2D eigenvalue weighted by molar-refractivity contribution is -0.00881. The lowest BCUT2D eigenvalue weighted by atomic mass is 9.87. The zero-order valence-corrected chi connectivity index (χ0v) is 45.2. The van der Waals surface area contributed by atoms with Crippen molar-refractivity contribution in [3.8, 4) is 46.4 Å². The van der Waals surface area contributed by atoms with Crippen molar-refractivity contribution in [2.24, 2.45) is 0 Å². The third-order valence-corrected chi connectivity index (χ3v) is 16.9. The summed E-state index contributed by atoms with van der Waals surface area (Å²) in [7, 11) is 3.28. The van der Waals surface area contributed by atoms with Crippen molar-refractivity contribution in [3.63, 3.8) is 0 Å². The van der Waals surface area contributed by atoms with Crippen LogP contribution in [0.1, 0.15) is 66.0 Å². The quantitative estimate of drug-likeness (QED) is 0.130. The summed E-state index contributed by atoms with van der Waals surface area (Å²) >= 11 is 0. The van der Waals surface area contributed by atoms with Crippen LogP contribution in [0.25, 0.3) is 44.7 Å². The van der Waals surface area contributed by atoms with E-state index in [2.05, 4.69) is 105 Å². The number of pyridine rings is 4. The smallest absolute Gasteiger partial charge is 0.212 e. The first kappa shape index (κ1) is 50.8. The highest BCUT2D eigenvalue weighted by molar-refractivity contribution is 5.87. The molecule has 6 saturated heterocycles. The average molecular weight is 1070 g/mol. The van der Waals surface area contributed by atoms with E-state index in [0.717, 1.165) is 141 Å². The van der Waals surface area contributed by atoms with Crippen LogP contribution in [0.4, 0.5) is 11.6 Å². The van der Waals surface area contributed by atoms with Crippen LogP contribution in [0.3, 0.4) is 0 Å². The molecule has 0 aliphatic carbocycles. The molecule has 8 aliphatic heterocycles. The van der Waals surface area contributed by atoms with Gasteiger partial charge in [0.1, 0.15) is 23.8 Å². The number of hydrogen-bond acceptors (Lipinski definition) is 18. The number of piperidine rings is 2. The standard InChI is InChI=1S/C31H33N9O.C29H29N9O/c1-3-37-8-6-22(7-9-37)23-10-27(31-24(12-32)14-36-40(31)18-23)28-15-34-29(16-33-28)38-19-25-11-26(20-38)39(25)17-21-4-5-30(41-2)35-13-21;1-39-28-3-2-19(11-34-28)15-37-23-9-24(37)18-36(17-23)27-14-32-26(13-33-27)25-8-21(20-4-6-31-7-5-20)16-38-29(25)22(10-30)12-35-38/h4-6,10,13-16,18,25-26H,3,7-9,11,17,19-20H2,1-2H3;2-4,8,11-14,16,23-24,31H,5-7,9,15,17-18H2,1H3. The van der Waals surface area contributed by atoms with Gasteiger partial charge in [-0.25, -0.2) is 29.0 Å². The molecule has 0 aromatic carbocycles. The van der Waals surface area contributed by atoms with Gasteiger partial charge in [-0.2, -0.15) is 20.7 Å². The van der Waals surface area contributed by atoms with Crippen LogP contribution in [0, 0.1) is 22.7 Å². The third-order valence-electron chi connectivity index (χ3n) is 16.9. The second-order valence-electron chi connectivity index (χ2n) is 21.4. The molecule has 80 heavy (non-hydrogen) atoms. The molecule has 0 amide bonds. The van der Waals surface area contributed by atoms with Gasteiger partial charge in [0.2, 0.25) is 11.8 Å². The topological polar surface area (TPSA) is 206 Å². The van der Waals surface area contributed by atoms with Crippen LogP contribution in [0.2, 0.25) is 0 Å². The lowest BCUT2D eigenvalue weighted by Crippen LogP contribution is -2.68. The van der Waals surface area contributed by atoms with Crippen molar-refractivity contribution >= 4 is 33.8 Å². The molecule has 8 aromatic heterocycles. The van der Waals surface area contributed by atoms with E-state index in [1.54, 1.807) is 31.1 Å². The highest BCUT2D eigenvalue weighted by atomic mass is 16.5. The maximum absolute atomic E-state index is 9.78. The number of ether oxygens (including phenoxy) is 2. The summed E-state index contributed by atoms with van der Waals surface area (Å²) < 4.78 is 14.0. The minimum atomic E-state index is 0.492. The number of anilines is 2. The van der Waals surface area contributed by atoms with Crippen LogP contribution >= 0.6 is 0 Å². The minimum absolute atomic E-state index is 0.492. The van der Waals surface area contributed by atoms with Gasteiger partial charge in [-0.1, -0.05) is 31.2 Å². The number of aromatic nitrogens is 10. The van der Waals surface area contributed by atoms with E-state index in [-0.39, 0.29) is 0 Å². The number of nitrogens with one attached hydrogen (secondary N) is 1. The Kier molecular flexibility index (Phi) is 13.9. The zero-order valence-electron chi connectivity index (χ0n) is 45.2. The van der Waals surface area contributed by atoms with Crippen molar-refractivity contribution in [2.45, 2.75) is 69.9 Å². The maximum Gasteiger partial charge on any atom is 0.212 e. The Morgan fingerprint density at radius 3 is 1.50 bits per heavy atom. The number of nitriles is 2. The molecule has 0 spiro atoms. The van der Waals surface area contributed by atoms with Crippen LogP contribution in [-0.4, -0.2) is 161 Å². The predicted octanol–water partition coefficient (Wildman–Crippen LogP) is 6.55. The van der Waals surface area contributed by atoms with Gasteiger partial charge in [-0.3, -0.25) is 24.7 Å². The van der Waals surface area contributed by atoms with Gasteiger partial charge in [0, 0.05) is 131 Å². The van der Waals surface area contributed by atoms with Gasteiger partial charge in [-0.05, 0) is 84.3 Å². The molecule has 20 heteroatoms. The van der Waals surface area contributed by atoms with Crippen molar-refractivity contribution in [1.29, 1.82) is 10.5 Å². The van der Waals surface area contributed by atoms with Gasteiger partial charge in [0.25, 0.3) is 0 Å². The molecule has 8 aliphatic rings. The first-order valence-corrected chi connectivity index (χ1v) is 27.6. The molecular formula is C60H62N18O2. The number of fused-ring (bicyclic) bond motifs is 6. The fraction of sp³-hybridized carbons (Fsp3) is 0.367. The van der Waals surface area contributed by atoms with Gasteiger partial charge >= 0.3 is 0 Å². The fourth-order valence-electron chi connectivity index (χ4n) is 12.5. The van der Waals surface area contributed by atoms with Crippen LogP contribution in [-0.2, 0) is 13.1 Å². The normalized spacial score (nSPS) is 20.9. The summed E-state index contributed by atoms with van der Waals surface area (Å²) in [6, 6.07) is 18.9. The van der Waals surface area contributed by atoms with Crippen molar-refractivity contribution in [3.05, 3.63) is 144 Å². The number of piperazine rings is 2. The highest BCUT2D eigenvalue weighted by Gasteiger charge is 2.46. The second kappa shape index (κ2) is 21.9. The molecular weight excluding hydrogens is 1000 g/mol. The first-order valence-electron chi connectivity index (χ1n) is 27.6. The van der Waals surface area contributed by atoms with Crippen molar-refractivity contribution < 1.29 is 9.47 Å². The van der Waals surface area contributed by atoms with Gasteiger partial charge in [-0.15, -0.1) is 0 Å². The first-order chi connectivity index (χ1) is 39.3. The molecule has 4 atom stereocenters. The lowest BCUT2D eigenvalue weighted by Gasteiger charge is -2.56. The van der Waals surface area contributed by atoms with Crippen LogP contribution in [0.5, 0.6) is 11.8 Å². The molecule has 6 fully saturated rings. The van der Waals surface area contributed by atoms with Gasteiger partial charge in [0.15, 0.2) is 0 Å². The SMILES string of the molecule is CCN1CC=C(c2cc(-c3cnc(N4CC5CC(C4)N5Cc4ccc(OC)nc4)cn3)c3c(C#N)cnn3c2)CC1.COc1ccc(CN2C3CC2CN(c2cnc(-c4cc(C5=CCNCC5)cn5ncc(C#N)c45)cn2)C3)cn1. The molecule has 1 N–H and O–H groups in total. The minimum Gasteiger partial charge on any atom is -0.481 e. The van der Waals surface area contributed by atoms with E-state index < -0.39 is 0 Å². The monoisotopic (exact) mass is 1070 g/mol. The van der Waals surface area contributed by atoms with E-state index in [1.807, 2.05) is 66.2 Å². The van der Waals surface area contributed by atoms with E-state index in [4.69, 9.17) is 29.4 Å². The average Bonchev–Trinajstić information content (AvgIpc) is 4.23. The van der Waals surface area contributed by atoms with Crippen molar-refractivity contribution in [2.75, 3.05) is 82.9 Å². The Morgan fingerprint density at radius 2 is 1.11 bits per heavy atom. The molecule has 16 rings (SSSR count). The maximum atomic E-state index is 9.78. The number of likely N-dealkylation sites (N-methyl/N-ethyl adjacent to an activating group) is 1. The molecule has 0 radical (unpaired) electrons. The molecule has 0 saturated carbocycles. The Balaban J connectivity index is 0.000000151. The van der Waals surface area contributed by atoms with Gasteiger partial charge < -0.3 is 24.6 Å². The van der Waals surface area contributed by atoms with E-state index in [9.17, 15) is 10.5 Å². The molecule has 4 bridgehead atoms. The molecule has 20 nitrogen and oxygen atoms in total. The number of nitrogens with zero attached hydrogens (tertiary/aromatic N) is 17. The Bertz CT molecular complexity index is 3690. The van der Waals surface area contributed by atoms with E-state index in [0.29, 0.717) is 47.1 Å². The number of rotatable bonds is 13.